The van der Waals surface area contributed by atoms with E-state index in [4.69, 9.17) is 9.47 Å². The monoisotopic (exact) mass is 436 g/mol. The molecule has 0 saturated carbocycles. The highest BCUT2D eigenvalue weighted by Crippen LogP contribution is 2.53. The summed E-state index contributed by atoms with van der Waals surface area (Å²) in [5, 5.41) is 0. The molecule has 0 bridgehead atoms. The van der Waals surface area contributed by atoms with Crippen molar-refractivity contribution in [2.45, 2.75) is 85.0 Å². The Morgan fingerprint density at radius 3 is 2.06 bits per heavy atom. The van der Waals surface area contributed by atoms with Gasteiger partial charge in [0.15, 0.2) is 0 Å². The van der Waals surface area contributed by atoms with E-state index in [-0.39, 0.29) is 28.2 Å². The summed E-state index contributed by atoms with van der Waals surface area (Å²) in [6.07, 6.45) is 2.48. The molecule has 2 aromatic carbocycles. The average molecular weight is 437 g/mol. The lowest BCUT2D eigenvalue weighted by atomic mass is 9.75. The van der Waals surface area contributed by atoms with Gasteiger partial charge in [-0.25, -0.2) is 0 Å². The number of hydrogen-bond acceptors (Lipinski definition) is 4. The van der Waals surface area contributed by atoms with Gasteiger partial charge < -0.3 is 9.47 Å². The molecule has 0 spiro atoms. The van der Waals surface area contributed by atoms with Gasteiger partial charge in [-0.3, -0.25) is 9.59 Å². The first kappa shape index (κ1) is 24.0. The molecule has 1 atom stereocenters. The van der Waals surface area contributed by atoms with E-state index in [2.05, 4.69) is 26.8 Å². The van der Waals surface area contributed by atoms with E-state index in [1.54, 1.807) is 0 Å². The Morgan fingerprint density at radius 2 is 1.47 bits per heavy atom. The van der Waals surface area contributed by atoms with Crippen LogP contribution in [0.3, 0.4) is 0 Å². The summed E-state index contributed by atoms with van der Waals surface area (Å²) in [5.41, 5.74) is 3.25. The molecule has 1 aliphatic rings. The third-order valence-corrected chi connectivity index (χ3v) is 6.19. The molecule has 4 heteroatoms. The first-order chi connectivity index (χ1) is 14.8. The van der Waals surface area contributed by atoms with Crippen LogP contribution in [-0.4, -0.2) is 11.9 Å². The second-order valence-corrected chi connectivity index (χ2v) is 11.1. The standard InChI is InChI=1S/C28H36O4/c1-8-9-24(29)32-21-14-15-22-23(16-21)28(7,18-27(22,5)6)19-10-12-20(13-11-19)31-25(30)17-26(2,3)4/h10-16H,8-9,17-18H2,1-7H3/t28-/m1/s1. The van der Waals surface area contributed by atoms with E-state index in [1.807, 2.05) is 64.1 Å². The van der Waals surface area contributed by atoms with Crippen LogP contribution < -0.4 is 9.47 Å². The Bertz CT molecular complexity index is 995. The second-order valence-electron chi connectivity index (χ2n) is 11.1. The molecular formula is C28H36O4. The molecule has 0 unspecified atom stereocenters. The molecule has 0 fully saturated rings. The van der Waals surface area contributed by atoms with Crippen molar-refractivity contribution < 1.29 is 19.1 Å². The normalized spacial score (nSPS) is 19.3. The number of esters is 2. The third-order valence-electron chi connectivity index (χ3n) is 6.19. The minimum atomic E-state index is -0.236. The van der Waals surface area contributed by atoms with Crippen molar-refractivity contribution in [1.82, 2.24) is 0 Å². The fourth-order valence-electron chi connectivity index (χ4n) is 4.84. The highest BCUT2D eigenvalue weighted by molar-refractivity contribution is 5.73. The van der Waals surface area contributed by atoms with Crippen molar-refractivity contribution in [3.8, 4) is 11.5 Å². The van der Waals surface area contributed by atoms with Gasteiger partial charge in [-0.15, -0.1) is 0 Å². The van der Waals surface area contributed by atoms with Gasteiger partial charge in [-0.1, -0.05) is 66.7 Å². The quantitative estimate of drug-likeness (QED) is 0.372. The highest BCUT2D eigenvalue weighted by Gasteiger charge is 2.46. The molecule has 0 heterocycles. The van der Waals surface area contributed by atoms with Gasteiger partial charge in [0.2, 0.25) is 0 Å². The number of rotatable bonds is 6. The van der Waals surface area contributed by atoms with E-state index >= 15 is 0 Å². The molecule has 0 N–H and O–H groups in total. The first-order valence-corrected chi connectivity index (χ1v) is 11.5. The van der Waals surface area contributed by atoms with Crippen LogP contribution in [-0.2, 0) is 20.4 Å². The molecule has 172 valence electrons. The molecule has 0 radical (unpaired) electrons. The largest absolute Gasteiger partial charge is 0.427 e. The highest BCUT2D eigenvalue weighted by atomic mass is 16.5. The van der Waals surface area contributed by atoms with Crippen LogP contribution in [0.4, 0.5) is 0 Å². The number of hydrogen-bond donors (Lipinski definition) is 0. The molecule has 0 aliphatic heterocycles. The van der Waals surface area contributed by atoms with Crippen LogP contribution in [0.1, 0.15) is 90.8 Å². The Balaban J connectivity index is 1.88. The summed E-state index contributed by atoms with van der Waals surface area (Å²) in [5.74, 6) is 0.736. The third kappa shape index (κ3) is 5.23. The van der Waals surface area contributed by atoms with Crippen LogP contribution >= 0.6 is 0 Å². The van der Waals surface area contributed by atoms with Crippen LogP contribution in [0.2, 0.25) is 0 Å². The summed E-state index contributed by atoms with van der Waals surface area (Å²) >= 11 is 0. The van der Waals surface area contributed by atoms with Gasteiger partial charge in [0.1, 0.15) is 11.5 Å². The van der Waals surface area contributed by atoms with Gasteiger partial charge >= 0.3 is 11.9 Å². The van der Waals surface area contributed by atoms with Crippen LogP contribution in [0.5, 0.6) is 11.5 Å². The van der Waals surface area contributed by atoms with Crippen molar-refractivity contribution in [1.29, 1.82) is 0 Å². The summed E-state index contributed by atoms with van der Waals surface area (Å²) in [7, 11) is 0. The average Bonchev–Trinajstić information content (AvgIpc) is 2.87. The zero-order chi connectivity index (χ0) is 23.7. The number of fused-ring (bicyclic) bond motifs is 1. The Labute approximate surface area is 192 Å². The predicted molar refractivity (Wildman–Crippen MR) is 127 cm³/mol. The van der Waals surface area contributed by atoms with Crippen LogP contribution in [0.15, 0.2) is 42.5 Å². The Morgan fingerprint density at radius 1 is 0.875 bits per heavy atom. The van der Waals surface area contributed by atoms with Crippen molar-refractivity contribution in [2.75, 3.05) is 0 Å². The maximum Gasteiger partial charge on any atom is 0.311 e. The Hall–Kier alpha value is -2.62. The fourth-order valence-corrected chi connectivity index (χ4v) is 4.84. The molecular weight excluding hydrogens is 400 g/mol. The van der Waals surface area contributed by atoms with Gasteiger partial charge in [0.05, 0.1) is 6.42 Å². The molecule has 0 saturated heterocycles. The minimum absolute atomic E-state index is 0.00606. The van der Waals surface area contributed by atoms with E-state index in [1.165, 1.54) is 11.1 Å². The Kier molecular flexibility index (Phi) is 6.55. The van der Waals surface area contributed by atoms with Crippen molar-refractivity contribution in [3.05, 3.63) is 59.2 Å². The molecule has 0 amide bonds. The van der Waals surface area contributed by atoms with E-state index < -0.39 is 0 Å². The minimum Gasteiger partial charge on any atom is -0.427 e. The van der Waals surface area contributed by atoms with E-state index in [9.17, 15) is 9.59 Å². The van der Waals surface area contributed by atoms with Crippen molar-refractivity contribution >= 4 is 11.9 Å². The van der Waals surface area contributed by atoms with Gasteiger partial charge in [0.25, 0.3) is 0 Å². The maximum atomic E-state index is 12.2. The zero-order valence-electron chi connectivity index (χ0n) is 20.5. The summed E-state index contributed by atoms with van der Waals surface area (Å²) in [4.78, 5) is 24.2. The zero-order valence-corrected chi connectivity index (χ0v) is 20.5. The summed E-state index contributed by atoms with van der Waals surface area (Å²) in [6.45, 7) is 14.8. The van der Waals surface area contributed by atoms with E-state index in [0.717, 1.165) is 18.4 Å². The maximum absolute atomic E-state index is 12.2. The smallest absolute Gasteiger partial charge is 0.311 e. The number of carbonyl (C=O) groups excluding carboxylic acids is 2. The lowest BCUT2D eigenvalue weighted by molar-refractivity contribution is -0.136. The second kappa shape index (κ2) is 8.73. The van der Waals surface area contributed by atoms with Gasteiger partial charge in [-0.2, -0.15) is 0 Å². The SMILES string of the molecule is CCCC(=O)Oc1ccc2c(c1)[C@@](C)(c1ccc(OC(=O)CC(C)(C)C)cc1)CC2(C)C. The lowest BCUT2D eigenvalue weighted by Gasteiger charge is -2.28. The molecule has 4 nitrogen and oxygen atoms in total. The number of benzene rings is 2. The number of carbonyl (C=O) groups is 2. The summed E-state index contributed by atoms with van der Waals surface area (Å²) in [6, 6.07) is 13.8. The van der Waals surface area contributed by atoms with Gasteiger partial charge in [0, 0.05) is 11.8 Å². The first-order valence-electron chi connectivity index (χ1n) is 11.5. The molecule has 1 aliphatic carbocycles. The molecule has 0 aromatic heterocycles. The van der Waals surface area contributed by atoms with Crippen LogP contribution in [0, 0.1) is 5.41 Å². The predicted octanol–water partition coefficient (Wildman–Crippen LogP) is 6.72. The van der Waals surface area contributed by atoms with E-state index in [0.29, 0.717) is 24.3 Å². The number of ether oxygens (including phenoxy) is 2. The fraction of sp³-hybridized carbons (Fsp3) is 0.500. The molecule has 2 aromatic rings. The van der Waals surface area contributed by atoms with Crippen LogP contribution in [0.25, 0.3) is 0 Å². The topological polar surface area (TPSA) is 52.6 Å². The molecule has 3 rings (SSSR count). The van der Waals surface area contributed by atoms with Crippen molar-refractivity contribution in [2.24, 2.45) is 5.41 Å². The molecule has 32 heavy (non-hydrogen) atoms. The van der Waals surface area contributed by atoms with Crippen molar-refractivity contribution in [3.63, 3.8) is 0 Å². The summed E-state index contributed by atoms with van der Waals surface area (Å²) < 4.78 is 11.1. The van der Waals surface area contributed by atoms with Gasteiger partial charge in [-0.05, 0) is 64.6 Å². The lowest BCUT2D eigenvalue weighted by Crippen LogP contribution is -2.23.